The van der Waals surface area contributed by atoms with Crippen LogP contribution in [0.3, 0.4) is 0 Å². The lowest BCUT2D eigenvalue weighted by Gasteiger charge is -2.29. The van der Waals surface area contributed by atoms with Gasteiger partial charge in [0.15, 0.2) is 5.78 Å². The van der Waals surface area contributed by atoms with E-state index in [2.05, 4.69) is 20.9 Å². The van der Waals surface area contributed by atoms with Crippen LogP contribution in [0.25, 0.3) is 0 Å². The molecule has 4 rings (SSSR count). The molecule has 1 aromatic heterocycles. The zero-order valence-corrected chi connectivity index (χ0v) is 14.4. The molecule has 4 heteroatoms. The minimum Gasteiger partial charge on any atom is -0.333 e. The maximum Gasteiger partial charge on any atom is 0.188 e. The monoisotopic (exact) mass is 378 g/mol. The zero-order chi connectivity index (χ0) is 16.5. The summed E-state index contributed by atoms with van der Waals surface area (Å²) < 4.78 is 3.04. The van der Waals surface area contributed by atoms with Gasteiger partial charge in [0.25, 0.3) is 0 Å². The van der Waals surface area contributed by atoms with Gasteiger partial charge in [0.05, 0.1) is 5.69 Å². The third-order valence-electron chi connectivity index (χ3n) is 4.32. The molecule has 118 valence electrons. The van der Waals surface area contributed by atoms with Crippen molar-refractivity contribution in [1.82, 2.24) is 4.57 Å². The predicted molar refractivity (Wildman–Crippen MR) is 98.7 cm³/mol. The van der Waals surface area contributed by atoms with Crippen molar-refractivity contribution >= 4 is 27.9 Å². The molecule has 3 aromatic rings. The molecular weight excluding hydrogens is 364 g/mol. The third-order valence-corrected chi connectivity index (χ3v) is 4.85. The average molecular weight is 379 g/mol. The number of Topliss-reactive ketones (excluding diaryl/α,β-unsaturated/α-hetero) is 1. The van der Waals surface area contributed by atoms with Crippen molar-refractivity contribution in [3.05, 3.63) is 94.2 Å². The summed E-state index contributed by atoms with van der Waals surface area (Å²) in [7, 11) is 0. The van der Waals surface area contributed by atoms with Gasteiger partial charge in [-0.1, -0.05) is 58.4 Å². The molecule has 1 aliphatic heterocycles. The largest absolute Gasteiger partial charge is 0.333 e. The van der Waals surface area contributed by atoms with E-state index in [9.17, 15) is 4.79 Å². The minimum atomic E-state index is -0.372. The molecule has 0 radical (unpaired) electrons. The van der Waals surface area contributed by atoms with E-state index >= 15 is 0 Å². The normalized spacial score (nSPS) is 19.0. The molecule has 3 nitrogen and oxygen atoms in total. The number of carbonyl (C=O) groups is 1. The van der Waals surface area contributed by atoms with Crippen molar-refractivity contribution < 1.29 is 4.79 Å². The van der Waals surface area contributed by atoms with E-state index in [0.717, 1.165) is 15.7 Å². The van der Waals surface area contributed by atoms with Gasteiger partial charge in [-0.25, -0.2) is 0 Å². The molecule has 24 heavy (non-hydrogen) atoms. The maximum absolute atomic E-state index is 13.2. The highest BCUT2D eigenvalue weighted by Gasteiger charge is 2.34. The quantitative estimate of drug-likeness (QED) is 0.599. The predicted octanol–water partition coefficient (Wildman–Crippen LogP) is 4.85. The summed E-state index contributed by atoms with van der Waals surface area (Å²) in [5, 5.41) is 0. The molecule has 0 saturated heterocycles. The van der Waals surface area contributed by atoms with Crippen LogP contribution in [-0.4, -0.2) is 16.6 Å². The van der Waals surface area contributed by atoms with E-state index in [1.807, 2.05) is 83.7 Å². The number of fused-ring (bicyclic) bond motifs is 1. The van der Waals surface area contributed by atoms with Crippen LogP contribution in [0.15, 0.2) is 82.4 Å². The van der Waals surface area contributed by atoms with E-state index in [-0.39, 0.29) is 17.9 Å². The number of hydrogen-bond acceptors (Lipinski definition) is 2. The van der Waals surface area contributed by atoms with Gasteiger partial charge >= 0.3 is 0 Å². The Morgan fingerprint density at radius 3 is 2.46 bits per heavy atom. The van der Waals surface area contributed by atoms with Gasteiger partial charge in [-0.05, 0) is 29.8 Å². The fourth-order valence-electron chi connectivity index (χ4n) is 3.13. The van der Waals surface area contributed by atoms with Crippen LogP contribution in [0, 0.1) is 0 Å². The number of ketones is 1. The number of hydrogen-bond donors (Lipinski definition) is 0. The number of benzene rings is 2. The van der Waals surface area contributed by atoms with Gasteiger partial charge in [0, 0.05) is 22.4 Å². The van der Waals surface area contributed by atoms with Crippen LogP contribution in [0.1, 0.15) is 33.7 Å². The van der Waals surface area contributed by atoms with Gasteiger partial charge in [-0.3, -0.25) is 9.79 Å². The van der Waals surface area contributed by atoms with Crippen molar-refractivity contribution in [3.63, 3.8) is 0 Å². The Kier molecular flexibility index (Phi) is 3.90. The Labute approximate surface area is 148 Å². The second-order valence-corrected chi connectivity index (χ2v) is 6.71. The lowest BCUT2D eigenvalue weighted by atomic mass is 9.91. The highest BCUT2D eigenvalue weighted by molar-refractivity contribution is 9.10. The summed E-state index contributed by atoms with van der Waals surface area (Å²) in [6, 6.07) is 20.8. The molecule has 2 atom stereocenters. The Hall–Kier alpha value is -2.46. The average Bonchev–Trinajstić information content (AvgIpc) is 3.10. The van der Waals surface area contributed by atoms with Gasteiger partial charge in [-0.2, -0.15) is 0 Å². The van der Waals surface area contributed by atoms with Crippen LogP contribution in [0.4, 0.5) is 0 Å². The van der Waals surface area contributed by atoms with Crippen molar-refractivity contribution in [3.8, 4) is 0 Å². The fraction of sp³-hybridized carbons (Fsp3) is 0.100. The Balaban J connectivity index is 1.81. The van der Waals surface area contributed by atoms with E-state index in [0.29, 0.717) is 5.56 Å². The Morgan fingerprint density at radius 1 is 0.958 bits per heavy atom. The number of carbonyl (C=O) groups excluding carboxylic acids is 1. The van der Waals surface area contributed by atoms with Crippen LogP contribution in [0.5, 0.6) is 0 Å². The Morgan fingerprint density at radius 2 is 1.71 bits per heavy atom. The lowest BCUT2D eigenvalue weighted by Crippen LogP contribution is -2.29. The molecule has 0 fully saturated rings. The minimum absolute atomic E-state index is 0.0813. The number of aliphatic imine (C=N–C) groups is 1. The molecule has 0 amide bonds. The van der Waals surface area contributed by atoms with Crippen LogP contribution >= 0.6 is 15.9 Å². The van der Waals surface area contributed by atoms with Gasteiger partial charge < -0.3 is 4.57 Å². The van der Waals surface area contributed by atoms with Crippen LogP contribution in [-0.2, 0) is 0 Å². The molecule has 1 aliphatic rings. The molecule has 0 N–H and O–H groups in total. The first-order chi connectivity index (χ1) is 11.7. The first-order valence-corrected chi connectivity index (χ1v) is 8.58. The smallest absolute Gasteiger partial charge is 0.188 e. The second kappa shape index (κ2) is 6.21. The maximum atomic E-state index is 13.2. The summed E-state index contributed by atoms with van der Waals surface area (Å²) in [5.74, 6) is 0.0813. The first-order valence-electron chi connectivity index (χ1n) is 7.79. The first kappa shape index (κ1) is 15.1. The van der Waals surface area contributed by atoms with Crippen molar-refractivity contribution in [2.75, 3.05) is 0 Å². The standard InChI is InChI=1S/C20H15BrN2O/c21-16-10-8-14(9-11-16)18-19(20(24)15-5-2-1-3-6-15)23-12-4-7-17(23)13-22-18/h1-13,18-19H/t18-,19+/m1/s1. The second-order valence-electron chi connectivity index (χ2n) is 5.79. The highest BCUT2D eigenvalue weighted by atomic mass is 79.9. The highest BCUT2D eigenvalue weighted by Crippen LogP contribution is 2.36. The zero-order valence-electron chi connectivity index (χ0n) is 12.8. The van der Waals surface area contributed by atoms with E-state index in [4.69, 9.17) is 0 Å². The van der Waals surface area contributed by atoms with Crippen LogP contribution in [0.2, 0.25) is 0 Å². The number of aromatic nitrogens is 1. The van der Waals surface area contributed by atoms with Gasteiger partial charge in [-0.15, -0.1) is 0 Å². The summed E-state index contributed by atoms with van der Waals surface area (Å²) in [5.41, 5.74) is 2.70. The molecular formula is C20H15BrN2O. The number of nitrogens with zero attached hydrogens (tertiary/aromatic N) is 2. The van der Waals surface area contributed by atoms with E-state index in [1.54, 1.807) is 0 Å². The van der Waals surface area contributed by atoms with Crippen molar-refractivity contribution in [2.45, 2.75) is 12.1 Å². The Bertz CT molecular complexity index is 897. The summed E-state index contributed by atoms with van der Waals surface area (Å²) in [6.07, 6.45) is 3.80. The van der Waals surface area contributed by atoms with Gasteiger partial charge in [0.1, 0.15) is 12.1 Å². The SMILES string of the molecule is O=C(c1ccccc1)[C@@H]1[C@@H](c2ccc(Br)cc2)N=Cc2cccn21. The third kappa shape index (κ3) is 2.63. The molecule has 0 saturated carbocycles. The molecule has 0 bridgehead atoms. The summed E-state index contributed by atoms with van der Waals surface area (Å²) in [6.45, 7) is 0. The summed E-state index contributed by atoms with van der Waals surface area (Å²) in [4.78, 5) is 17.9. The molecule has 2 heterocycles. The number of rotatable bonds is 3. The molecule has 0 spiro atoms. The lowest BCUT2D eigenvalue weighted by molar-refractivity contribution is 0.0905. The van der Waals surface area contributed by atoms with Crippen LogP contribution < -0.4 is 0 Å². The van der Waals surface area contributed by atoms with Gasteiger partial charge in [0.2, 0.25) is 0 Å². The number of halogens is 1. The van der Waals surface area contributed by atoms with Crippen molar-refractivity contribution in [1.29, 1.82) is 0 Å². The van der Waals surface area contributed by atoms with E-state index in [1.165, 1.54) is 0 Å². The van der Waals surface area contributed by atoms with E-state index < -0.39 is 0 Å². The summed E-state index contributed by atoms with van der Waals surface area (Å²) >= 11 is 3.46. The fourth-order valence-corrected chi connectivity index (χ4v) is 3.40. The van der Waals surface area contributed by atoms with Crippen molar-refractivity contribution in [2.24, 2.45) is 4.99 Å². The topological polar surface area (TPSA) is 34.4 Å². The molecule has 2 aromatic carbocycles. The molecule has 0 aliphatic carbocycles. The molecule has 0 unspecified atom stereocenters.